The number of hydrogen-bond donors (Lipinski definition) is 2. The fraction of sp³-hybridized carbons (Fsp3) is 0.450. The lowest BCUT2D eigenvalue weighted by atomic mass is 9.98. The van der Waals surface area contributed by atoms with Crippen LogP contribution in [-0.4, -0.2) is 39.0 Å². The van der Waals surface area contributed by atoms with E-state index in [0.29, 0.717) is 23.0 Å². The monoisotopic (exact) mass is 355 g/mol. The van der Waals surface area contributed by atoms with E-state index < -0.39 is 0 Å². The third-order valence-electron chi connectivity index (χ3n) is 5.04. The number of aromatic amines is 1. The van der Waals surface area contributed by atoms with Gasteiger partial charge >= 0.3 is 0 Å². The molecule has 2 heterocycles. The number of nitrogens with zero attached hydrogens (tertiary/aromatic N) is 2. The minimum Gasteiger partial charge on any atom is -0.392 e. The molecule has 138 valence electrons. The number of aromatic nitrogens is 2. The predicted molar refractivity (Wildman–Crippen MR) is 98.8 cm³/mol. The molecule has 26 heavy (non-hydrogen) atoms. The number of H-pyrrole nitrogens is 1. The van der Waals surface area contributed by atoms with Crippen LogP contribution >= 0.6 is 0 Å². The first kappa shape index (κ1) is 18.3. The highest BCUT2D eigenvalue weighted by molar-refractivity contribution is 5.79. The van der Waals surface area contributed by atoms with Crippen LogP contribution in [-0.2, 0) is 24.2 Å². The van der Waals surface area contributed by atoms with Gasteiger partial charge in [-0.15, -0.1) is 0 Å². The van der Waals surface area contributed by atoms with Gasteiger partial charge in [-0.05, 0) is 43.7 Å². The molecule has 1 aliphatic heterocycles. The number of carbonyl (C=O) groups excluding carboxylic acids is 1. The van der Waals surface area contributed by atoms with Crippen LogP contribution in [0.25, 0.3) is 0 Å². The Labute approximate surface area is 152 Å². The number of hydrogen-bond acceptors (Lipinski definition) is 4. The molecule has 0 unspecified atom stereocenters. The van der Waals surface area contributed by atoms with Crippen molar-refractivity contribution in [2.24, 2.45) is 5.92 Å². The molecule has 0 spiro atoms. The fourth-order valence-corrected chi connectivity index (χ4v) is 3.56. The van der Waals surface area contributed by atoms with Gasteiger partial charge < -0.3 is 15.0 Å². The van der Waals surface area contributed by atoms with Gasteiger partial charge in [-0.25, -0.2) is 4.98 Å². The van der Waals surface area contributed by atoms with Crippen LogP contribution in [0.5, 0.6) is 0 Å². The minimum absolute atomic E-state index is 0.0117. The highest BCUT2D eigenvalue weighted by Gasteiger charge is 2.27. The van der Waals surface area contributed by atoms with Crippen molar-refractivity contribution in [2.45, 2.75) is 39.7 Å². The van der Waals surface area contributed by atoms with Crippen molar-refractivity contribution in [2.75, 3.05) is 13.1 Å². The summed E-state index contributed by atoms with van der Waals surface area (Å²) in [6.07, 6.45) is 1.99. The fourth-order valence-electron chi connectivity index (χ4n) is 3.56. The Hall–Kier alpha value is -2.47. The largest absolute Gasteiger partial charge is 0.392 e. The summed E-state index contributed by atoms with van der Waals surface area (Å²) in [5, 5.41) is 9.11. The van der Waals surface area contributed by atoms with Crippen molar-refractivity contribution in [3.05, 3.63) is 62.8 Å². The number of carbonyl (C=O) groups is 1. The number of benzene rings is 1. The van der Waals surface area contributed by atoms with E-state index in [1.54, 1.807) is 13.8 Å². The van der Waals surface area contributed by atoms with Crippen molar-refractivity contribution >= 4 is 5.91 Å². The van der Waals surface area contributed by atoms with Gasteiger partial charge in [-0.3, -0.25) is 9.59 Å². The lowest BCUT2D eigenvalue weighted by Gasteiger charge is -2.17. The molecule has 3 rings (SSSR count). The summed E-state index contributed by atoms with van der Waals surface area (Å²) in [6.45, 7) is 5.01. The number of likely N-dealkylation sites (tertiary alicyclic amines) is 1. The second-order valence-corrected chi connectivity index (χ2v) is 7.07. The van der Waals surface area contributed by atoms with Crippen LogP contribution in [0.1, 0.15) is 34.6 Å². The van der Waals surface area contributed by atoms with Crippen LogP contribution in [0.4, 0.5) is 0 Å². The van der Waals surface area contributed by atoms with Crippen molar-refractivity contribution in [3.8, 4) is 0 Å². The molecule has 1 fully saturated rings. The predicted octanol–water partition coefficient (Wildman–Crippen LogP) is 1.51. The molecule has 2 aromatic rings. The molecule has 1 amide bonds. The third kappa shape index (κ3) is 4.19. The van der Waals surface area contributed by atoms with Crippen LogP contribution in [0, 0.1) is 19.8 Å². The SMILES string of the molecule is Cc1nc(C)c(CC(=O)N2CC[C@@H](Cc3ccc(CO)cc3)C2)c(=O)[nH]1. The Morgan fingerprint density at radius 3 is 2.62 bits per heavy atom. The molecule has 1 aliphatic rings. The summed E-state index contributed by atoms with van der Waals surface area (Å²) in [5.74, 6) is 0.981. The van der Waals surface area contributed by atoms with E-state index in [2.05, 4.69) is 9.97 Å². The van der Waals surface area contributed by atoms with Crippen LogP contribution < -0.4 is 5.56 Å². The Morgan fingerprint density at radius 1 is 1.27 bits per heavy atom. The van der Waals surface area contributed by atoms with Crippen LogP contribution in [0.2, 0.25) is 0 Å². The molecule has 1 aromatic carbocycles. The van der Waals surface area contributed by atoms with E-state index in [-0.39, 0.29) is 24.5 Å². The molecule has 6 heteroatoms. The second-order valence-electron chi connectivity index (χ2n) is 7.07. The van der Waals surface area contributed by atoms with E-state index in [1.165, 1.54) is 5.56 Å². The lowest BCUT2D eigenvalue weighted by molar-refractivity contribution is -0.129. The van der Waals surface area contributed by atoms with Crippen LogP contribution in [0.3, 0.4) is 0 Å². The summed E-state index contributed by atoms with van der Waals surface area (Å²) in [5.41, 5.74) is 2.99. The Kier molecular flexibility index (Phi) is 5.52. The molecule has 1 atom stereocenters. The highest BCUT2D eigenvalue weighted by atomic mass is 16.3. The smallest absolute Gasteiger partial charge is 0.254 e. The van der Waals surface area contributed by atoms with E-state index in [4.69, 9.17) is 5.11 Å². The molecule has 0 bridgehead atoms. The zero-order valence-electron chi connectivity index (χ0n) is 15.3. The summed E-state index contributed by atoms with van der Waals surface area (Å²) >= 11 is 0. The molecule has 0 saturated carbocycles. The van der Waals surface area contributed by atoms with Crippen molar-refractivity contribution in [3.63, 3.8) is 0 Å². The highest BCUT2D eigenvalue weighted by Crippen LogP contribution is 2.22. The van der Waals surface area contributed by atoms with Crippen molar-refractivity contribution in [1.29, 1.82) is 0 Å². The van der Waals surface area contributed by atoms with Gasteiger partial charge in [-0.1, -0.05) is 24.3 Å². The topological polar surface area (TPSA) is 86.3 Å². The number of rotatable bonds is 5. The van der Waals surface area contributed by atoms with E-state index in [9.17, 15) is 9.59 Å². The van der Waals surface area contributed by atoms with Gasteiger partial charge in [0.15, 0.2) is 0 Å². The Morgan fingerprint density at radius 2 is 1.96 bits per heavy atom. The quantitative estimate of drug-likeness (QED) is 0.851. The Bertz CT molecular complexity index is 842. The van der Waals surface area contributed by atoms with E-state index >= 15 is 0 Å². The third-order valence-corrected chi connectivity index (χ3v) is 5.04. The average Bonchev–Trinajstić information content (AvgIpc) is 3.07. The standard InChI is InChI=1S/C20H25N3O3/c1-13-18(20(26)22-14(2)21-13)10-19(25)23-8-7-17(11-23)9-15-3-5-16(12-24)6-4-15/h3-6,17,24H,7-12H2,1-2H3,(H,21,22,26)/t17-/m0/s1. The van der Waals surface area contributed by atoms with Gasteiger partial charge in [0.1, 0.15) is 5.82 Å². The number of aliphatic hydroxyl groups is 1. The molecule has 0 radical (unpaired) electrons. The zero-order chi connectivity index (χ0) is 18.7. The van der Waals surface area contributed by atoms with Gasteiger partial charge in [0.05, 0.1) is 13.0 Å². The van der Waals surface area contributed by atoms with E-state index in [1.807, 2.05) is 29.2 Å². The minimum atomic E-state index is -0.219. The number of aryl methyl sites for hydroxylation is 2. The molecule has 2 N–H and O–H groups in total. The first-order valence-electron chi connectivity index (χ1n) is 8.99. The van der Waals surface area contributed by atoms with Crippen molar-refractivity contribution in [1.82, 2.24) is 14.9 Å². The average molecular weight is 355 g/mol. The first-order chi connectivity index (χ1) is 12.5. The number of amides is 1. The molecule has 0 aliphatic carbocycles. The molecular weight excluding hydrogens is 330 g/mol. The van der Waals surface area contributed by atoms with Gasteiger partial charge in [-0.2, -0.15) is 0 Å². The molecular formula is C20H25N3O3. The maximum absolute atomic E-state index is 12.6. The molecule has 1 aromatic heterocycles. The maximum Gasteiger partial charge on any atom is 0.254 e. The summed E-state index contributed by atoms with van der Waals surface area (Å²) in [7, 11) is 0. The van der Waals surface area contributed by atoms with Crippen LogP contribution in [0.15, 0.2) is 29.1 Å². The summed E-state index contributed by atoms with van der Waals surface area (Å²) in [4.78, 5) is 33.5. The molecule has 1 saturated heterocycles. The summed E-state index contributed by atoms with van der Waals surface area (Å²) in [6, 6.07) is 7.95. The van der Waals surface area contributed by atoms with E-state index in [0.717, 1.165) is 31.5 Å². The Balaban J connectivity index is 1.59. The number of aliphatic hydroxyl groups excluding tert-OH is 1. The molecule has 6 nitrogen and oxygen atoms in total. The summed E-state index contributed by atoms with van der Waals surface area (Å²) < 4.78 is 0. The number of nitrogens with one attached hydrogen (secondary N) is 1. The normalized spacial score (nSPS) is 16.9. The van der Waals surface area contributed by atoms with Crippen molar-refractivity contribution < 1.29 is 9.90 Å². The zero-order valence-corrected chi connectivity index (χ0v) is 15.3. The second kappa shape index (κ2) is 7.83. The maximum atomic E-state index is 12.6. The van der Waals surface area contributed by atoms with Gasteiger partial charge in [0.2, 0.25) is 5.91 Å². The first-order valence-corrected chi connectivity index (χ1v) is 8.99. The van der Waals surface area contributed by atoms with Gasteiger partial charge in [0, 0.05) is 24.3 Å². The lowest BCUT2D eigenvalue weighted by Crippen LogP contribution is -2.32. The van der Waals surface area contributed by atoms with Gasteiger partial charge in [0.25, 0.3) is 5.56 Å².